The number of hydrogen-bond donors (Lipinski definition) is 1. The van der Waals surface area contributed by atoms with Crippen LogP contribution in [0.1, 0.15) is 41.5 Å². The largest absolute Gasteiger partial charge is 0.458 e. The van der Waals surface area contributed by atoms with E-state index in [4.69, 9.17) is 16.3 Å². The van der Waals surface area contributed by atoms with Crippen molar-refractivity contribution in [2.45, 2.75) is 26.3 Å². The summed E-state index contributed by atoms with van der Waals surface area (Å²) in [6, 6.07) is 6.30. The van der Waals surface area contributed by atoms with Gasteiger partial charge in [-0.3, -0.25) is 4.79 Å². The molecule has 108 valence electrons. The molecule has 0 atom stereocenters. The highest BCUT2D eigenvalue weighted by atomic mass is 35.5. The van der Waals surface area contributed by atoms with Crippen LogP contribution < -0.4 is 5.32 Å². The summed E-state index contributed by atoms with van der Waals surface area (Å²) in [6.07, 6.45) is 1.52. The summed E-state index contributed by atoms with van der Waals surface area (Å²) >= 11 is 5.32. The average Bonchev–Trinajstić information content (AvgIpc) is 2.37. The lowest BCUT2D eigenvalue weighted by Gasteiger charge is -2.20. The third-order valence-electron chi connectivity index (χ3n) is 2.27. The molecule has 0 aliphatic carbocycles. The second-order valence-electron chi connectivity index (χ2n) is 5.24. The van der Waals surface area contributed by atoms with Crippen LogP contribution in [-0.2, 0) is 4.74 Å². The molecule has 1 aromatic rings. The second-order valence-corrected chi connectivity index (χ2v) is 5.49. The van der Waals surface area contributed by atoms with Gasteiger partial charge >= 0.3 is 5.97 Å². The standard InChI is InChI=1S/C15H18ClNO3/c1-15(2,3)17-13(18)11-5-7-12(8-6-11)14(19)20-10-4-9-16/h4-9H,10H2,1-3H3,(H,17,18)/b9-4+. The lowest BCUT2D eigenvalue weighted by Crippen LogP contribution is -2.40. The van der Waals surface area contributed by atoms with Crippen LogP contribution >= 0.6 is 11.6 Å². The summed E-state index contributed by atoms with van der Waals surface area (Å²) in [7, 11) is 0. The normalized spacial score (nSPS) is 11.4. The van der Waals surface area contributed by atoms with Crippen LogP contribution in [0.25, 0.3) is 0 Å². The van der Waals surface area contributed by atoms with Crippen LogP contribution in [0.5, 0.6) is 0 Å². The number of carbonyl (C=O) groups excluding carboxylic acids is 2. The molecule has 0 unspecified atom stereocenters. The average molecular weight is 296 g/mol. The van der Waals surface area contributed by atoms with Crippen LogP contribution in [0.15, 0.2) is 35.9 Å². The van der Waals surface area contributed by atoms with Gasteiger partial charge in [0.15, 0.2) is 0 Å². The highest BCUT2D eigenvalue weighted by Crippen LogP contribution is 2.08. The zero-order valence-corrected chi connectivity index (χ0v) is 12.5. The molecule has 0 saturated carbocycles. The molecule has 1 amide bonds. The molecule has 4 nitrogen and oxygen atoms in total. The van der Waals surface area contributed by atoms with Crippen LogP contribution in [0, 0.1) is 0 Å². The Morgan fingerprint density at radius 2 is 1.75 bits per heavy atom. The Bertz CT molecular complexity index is 501. The van der Waals surface area contributed by atoms with Crippen molar-refractivity contribution in [1.82, 2.24) is 5.32 Å². The Morgan fingerprint density at radius 3 is 2.25 bits per heavy atom. The Morgan fingerprint density at radius 1 is 1.20 bits per heavy atom. The molecular weight excluding hydrogens is 278 g/mol. The Kier molecular flexibility index (Phi) is 5.77. The van der Waals surface area contributed by atoms with E-state index in [1.807, 2.05) is 20.8 Å². The van der Waals surface area contributed by atoms with Gasteiger partial charge < -0.3 is 10.1 Å². The summed E-state index contributed by atoms with van der Waals surface area (Å²) < 4.78 is 4.94. The molecule has 1 aromatic carbocycles. The van der Waals surface area contributed by atoms with Crippen LogP contribution in [-0.4, -0.2) is 24.0 Å². The van der Waals surface area contributed by atoms with Gasteiger partial charge in [0.2, 0.25) is 0 Å². The van der Waals surface area contributed by atoms with E-state index in [0.717, 1.165) is 0 Å². The molecule has 0 aliphatic rings. The topological polar surface area (TPSA) is 55.4 Å². The van der Waals surface area contributed by atoms with Crippen LogP contribution in [0.4, 0.5) is 0 Å². The van der Waals surface area contributed by atoms with Crippen molar-refractivity contribution >= 4 is 23.5 Å². The second kappa shape index (κ2) is 7.10. The maximum Gasteiger partial charge on any atom is 0.338 e. The van der Waals surface area contributed by atoms with Crippen LogP contribution in [0.3, 0.4) is 0 Å². The van der Waals surface area contributed by atoms with Gasteiger partial charge in [-0.05, 0) is 51.1 Å². The van der Waals surface area contributed by atoms with Crippen molar-refractivity contribution in [2.75, 3.05) is 6.61 Å². The maximum absolute atomic E-state index is 11.9. The Balaban J connectivity index is 2.69. The monoisotopic (exact) mass is 295 g/mol. The molecule has 0 aliphatic heterocycles. The smallest absolute Gasteiger partial charge is 0.338 e. The van der Waals surface area contributed by atoms with Gasteiger partial charge in [0.1, 0.15) is 6.61 Å². The van der Waals surface area contributed by atoms with Gasteiger partial charge in [0.05, 0.1) is 5.56 Å². The number of rotatable bonds is 4. The number of esters is 1. The number of ether oxygens (including phenoxy) is 1. The summed E-state index contributed by atoms with van der Waals surface area (Å²) in [5.74, 6) is -0.634. The first kappa shape index (κ1) is 16.2. The van der Waals surface area contributed by atoms with Gasteiger partial charge in [0.25, 0.3) is 5.91 Å². The van der Waals surface area contributed by atoms with Crippen molar-refractivity contribution in [3.8, 4) is 0 Å². The highest BCUT2D eigenvalue weighted by molar-refractivity contribution is 6.25. The predicted octanol–water partition coefficient (Wildman–Crippen LogP) is 3.12. The maximum atomic E-state index is 11.9. The van der Waals surface area contributed by atoms with Gasteiger partial charge in [-0.25, -0.2) is 4.79 Å². The third-order valence-corrected chi connectivity index (χ3v) is 2.45. The summed E-state index contributed by atoms with van der Waals surface area (Å²) in [4.78, 5) is 23.5. The molecule has 0 aromatic heterocycles. The Hall–Kier alpha value is -1.81. The zero-order valence-electron chi connectivity index (χ0n) is 11.8. The number of hydrogen-bond acceptors (Lipinski definition) is 3. The minimum absolute atomic E-state index is 0.120. The minimum Gasteiger partial charge on any atom is -0.458 e. The molecule has 5 heteroatoms. The molecule has 20 heavy (non-hydrogen) atoms. The van der Waals surface area contributed by atoms with E-state index < -0.39 is 5.97 Å². The molecule has 0 heterocycles. The fourth-order valence-electron chi connectivity index (χ4n) is 1.41. The minimum atomic E-state index is -0.456. The Labute approximate surface area is 123 Å². The fraction of sp³-hybridized carbons (Fsp3) is 0.333. The number of amides is 1. The number of nitrogens with one attached hydrogen (secondary N) is 1. The van der Waals surface area contributed by atoms with Crippen molar-refractivity contribution in [3.05, 3.63) is 47.0 Å². The molecule has 1 rings (SSSR count). The number of carbonyl (C=O) groups is 2. The van der Waals surface area contributed by atoms with E-state index in [1.54, 1.807) is 24.3 Å². The fourth-order valence-corrected chi connectivity index (χ4v) is 1.49. The SMILES string of the molecule is CC(C)(C)NC(=O)c1ccc(C(=O)OC/C=C/Cl)cc1. The summed E-state index contributed by atoms with van der Waals surface area (Å²) in [6.45, 7) is 5.83. The van der Waals surface area contributed by atoms with Crippen molar-refractivity contribution in [1.29, 1.82) is 0 Å². The van der Waals surface area contributed by atoms with Crippen molar-refractivity contribution < 1.29 is 14.3 Å². The predicted molar refractivity (Wildman–Crippen MR) is 78.9 cm³/mol. The lowest BCUT2D eigenvalue weighted by molar-refractivity contribution is 0.0549. The van der Waals surface area contributed by atoms with Gasteiger partial charge in [0, 0.05) is 16.6 Å². The first-order chi connectivity index (χ1) is 9.33. The zero-order chi connectivity index (χ0) is 15.2. The van der Waals surface area contributed by atoms with E-state index in [9.17, 15) is 9.59 Å². The first-order valence-corrected chi connectivity index (χ1v) is 6.62. The molecule has 0 spiro atoms. The quantitative estimate of drug-likeness (QED) is 0.868. The van der Waals surface area contributed by atoms with E-state index in [0.29, 0.717) is 11.1 Å². The molecule has 0 radical (unpaired) electrons. The molecule has 1 N–H and O–H groups in total. The number of halogens is 1. The molecule has 0 bridgehead atoms. The first-order valence-electron chi connectivity index (χ1n) is 6.18. The van der Waals surface area contributed by atoms with E-state index in [2.05, 4.69) is 5.32 Å². The highest BCUT2D eigenvalue weighted by Gasteiger charge is 2.15. The lowest BCUT2D eigenvalue weighted by atomic mass is 10.1. The molecule has 0 saturated heterocycles. The number of benzene rings is 1. The van der Waals surface area contributed by atoms with Gasteiger partial charge in [-0.2, -0.15) is 0 Å². The molecular formula is C15H18ClNO3. The van der Waals surface area contributed by atoms with E-state index in [-0.39, 0.29) is 18.1 Å². The van der Waals surface area contributed by atoms with Crippen LogP contribution in [0.2, 0.25) is 0 Å². The van der Waals surface area contributed by atoms with Crippen molar-refractivity contribution in [3.63, 3.8) is 0 Å². The third kappa shape index (κ3) is 5.45. The van der Waals surface area contributed by atoms with E-state index >= 15 is 0 Å². The van der Waals surface area contributed by atoms with E-state index in [1.165, 1.54) is 11.6 Å². The van der Waals surface area contributed by atoms with Gasteiger partial charge in [-0.15, -0.1) is 0 Å². The molecule has 0 fully saturated rings. The summed E-state index contributed by atoms with van der Waals surface area (Å²) in [5.41, 5.74) is 1.87. The van der Waals surface area contributed by atoms with Gasteiger partial charge in [-0.1, -0.05) is 11.6 Å². The summed E-state index contributed by atoms with van der Waals surface area (Å²) in [5, 5.41) is 2.85. The van der Waals surface area contributed by atoms with Crippen molar-refractivity contribution in [2.24, 2.45) is 0 Å².